The van der Waals surface area contributed by atoms with E-state index in [0.29, 0.717) is 24.8 Å². The highest BCUT2D eigenvalue weighted by Gasteiger charge is 2.69. The number of aliphatic carboxylic acids is 2. The zero-order chi connectivity index (χ0) is 39.4. The Hall–Kier alpha value is -2.91. The zero-order valence-corrected chi connectivity index (χ0v) is 34.0. The number of carboxylic acid groups (broad SMARTS) is 2. The van der Waals surface area contributed by atoms with Gasteiger partial charge in [0.15, 0.2) is 0 Å². The second-order valence-electron chi connectivity index (χ2n) is 20.7. The Morgan fingerprint density at radius 2 is 1.51 bits per heavy atom. The summed E-state index contributed by atoms with van der Waals surface area (Å²) in [6, 6.07) is 0. The summed E-state index contributed by atoms with van der Waals surface area (Å²) in [5.74, 6) is -1.51. The van der Waals surface area contributed by atoms with Crippen LogP contribution in [-0.2, 0) is 28.7 Å². The van der Waals surface area contributed by atoms with Crippen LogP contribution in [0.5, 0.6) is 0 Å². The number of ether oxygens (including phenoxy) is 1. The summed E-state index contributed by atoms with van der Waals surface area (Å²) < 4.78 is 6.24. The fourth-order valence-corrected chi connectivity index (χ4v) is 12.8. The van der Waals surface area contributed by atoms with Gasteiger partial charge in [-0.25, -0.2) is 0 Å². The number of hydrogen-bond acceptors (Lipinski definition) is 6. The van der Waals surface area contributed by atoms with Crippen molar-refractivity contribution in [2.45, 2.75) is 158 Å². The summed E-state index contributed by atoms with van der Waals surface area (Å²) in [6.45, 7) is 20.4. The highest BCUT2D eigenvalue weighted by Crippen LogP contribution is 2.76. The van der Waals surface area contributed by atoms with Crippen molar-refractivity contribution in [1.82, 2.24) is 10.6 Å². The first-order chi connectivity index (χ1) is 24.4. The minimum atomic E-state index is -1.08. The Morgan fingerprint density at radius 1 is 0.830 bits per heavy atom. The second-order valence-corrected chi connectivity index (χ2v) is 20.7. The molecule has 0 aromatic rings. The maximum atomic E-state index is 14.3. The molecule has 0 bridgehead atoms. The topological polar surface area (TPSA) is 159 Å². The summed E-state index contributed by atoms with van der Waals surface area (Å²) in [5.41, 5.74) is 0.315. The number of esters is 1. The van der Waals surface area contributed by atoms with Crippen molar-refractivity contribution < 1.29 is 38.9 Å². The Labute approximate surface area is 317 Å². The minimum Gasteiger partial charge on any atom is -0.481 e. The molecule has 53 heavy (non-hydrogen) atoms. The molecule has 0 aliphatic heterocycles. The van der Waals surface area contributed by atoms with Crippen LogP contribution in [0.4, 0.5) is 0 Å². The van der Waals surface area contributed by atoms with E-state index in [1.54, 1.807) is 0 Å². The van der Waals surface area contributed by atoms with Gasteiger partial charge in [-0.15, -0.1) is 0 Å². The van der Waals surface area contributed by atoms with Crippen LogP contribution in [0.3, 0.4) is 0 Å². The van der Waals surface area contributed by atoms with Gasteiger partial charge in [-0.05, 0) is 115 Å². The fraction of sp³-hybridized carbons (Fsp3) is 0.837. The van der Waals surface area contributed by atoms with E-state index in [-0.39, 0.29) is 76.1 Å². The third-order valence-electron chi connectivity index (χ3n) is 15.9. The molecule has 0 aromatic carbocycles. The maximum absolute atomic E-state index is 14.3. The van der Waals surface area contributed by atoms with Crippen molar-refractivity contribution in [3.63, 3.8) is 0 Å². The first-order valence-electron chi connectivity index (χ1n) is 20.3. The normalized spacial score (nSPS) is 37.0. The molecule has 5 aliphatic rings. The number of allylic oxidation sites excluding steroid dienone is 2. The molecule has 0 radical (unpaired) electrons. The van der Waals surface area contributed by atoms with Gasteiger partial charge in [-0.1, -0.05) is 74.0 Å². The number of fused-ring (bicyclic) bond motifs is 7. The number of carbonyl (C=O) groups excluding carboxylic acids is 3. The van der Waals surface area contributed by atoms with Crippen molar-refractivity contribution in [2.24, 2.45) is 55.7 Å². The third-order valence-corrected chi connectivity index (χ3v) is 15.9. The van der Waals surface area contributed by atoms with Crippen LogP contribution >= 0.6 is 0 Å². The lowest BCUT2D eigenvalue weighted by Crippen LogP contribution is -2.65. The highest BCUT2D eigenvalue weighted by molar-refractivity contribution is 5.84. The molecule has 10 nitrogen and oxygen atoms in total. The number of carbonyl (C=O) groups is 5. The van der Waals surface area contributed by atoms with E-state index in [4.69, 9.17) is 9.84 Å². The van der Waals surface area contributed by atoms with E-state index >= 15 is 0 Å². The zero-order valence-electron chi connectivity index (χ0n) is 34.0. The Morgan fingerprint density at radius 3 is 2.17 bits per heavy atom. The van der Waals surface area contributed by atoms with Gasteiger partial charge >= 0.3 is 17.9 Å². The monoisotopic (exact) mass is 740 g/mol. The van der Waals surface area contributed by atoms with Crippen molar-refractivity contribution >= 4 is 29.7 Å². The molecule has 0 aromatic heterocycles. The number of rotatable bonds is 12. The highest BCUT2D eigenvalue weighted by atomic mass is 16.5. The van der Waals surface area contributed by atoms with E-state index in [2.05, 4.69) is 65.2 Å². The Kier molecular flexibility index (Phi) is 11.1. The van der Waals surface area contributed by atoms with Crippen LogP contribution in [0, 0.1) is 55.7 Å². The lowest BCUT2D eigenvalue weighted by atomic mass is 9.33. The van der Waals surface area contributed by atoms with Crippen LogP contribution in [0.25, 0.3) is 0 Å². The molecule has 298 valence electrons. The molecule has 5 aliphatic carbocycles. The second kappa shape index (κ2) is 14.3. The molecule has 4 N–H and O–H groups in total. The van der Waals surface area contributed by atoms with Gasteiger partial charge in [0, 0.05) is 18.4 Å². The average molecular weight is 741 g/mol. The number of hydrogen-bond donors (Lipinski definition) is 4. The van der Waals surface area contributed by atoms with E-state index in [0.717, 1.165) is 64.2 Å². The standard InChI is InChI=1S/C43H68N2O8/c1-37(2)18-20-43(36(52)44-22-10-11-32(46)45-26-34(49)50)21-19-41(8)27(28(43)23-37)12-13-30-40(7)16-15-31(39(5,6)29(40)14-17-42(30,41)9)53-35(51)25-38(3,4)24-33(47)48/h12,28-31H,10-11,13-26H2,1-9H3,(H,44,52)(H,45,46)(H,47,48)(H,49,50)/t28?,29?,30?,31-,40-,41+,42+,43-/m0/s1. The molecule has 4 fully saturated rings. The number of nitrogens with one attached hydrogen (secondary N) is 2. The molecular weight excluding hydrogens is 672 g/mol. The van der Waals surface area contributed by atoms with Gasteiger partial charge in [0.05, 0.1) is 18.3 Å². The van der Waals surface area contributed by atoms with E-state index in [1.807, 2.05) is 13.8 Å². The van der Waals surface area contributed by atoms with Crippen molar-refractivity contribution in [3.05, 3.63) is 11.6 Å². The van der Waals surface area contributed by atoms with Crippen LogP contribution in [0.15, 0.2) is 11.6 Å². The van der Waals surface area contributed by atoms with Crippen molar-refractivity contribution in [1.29, 1.82) is 0 Å². The van der Waals surface area contributed by atoms with Gasteiger partial charge in [-0.3, -0.25) is 24.0 Å². The number of carboxylic acids is 2. The van der Waals surface area contributed by atoms with Gasteiger partial charge in [0.1, 0.15) is 12.6 Å². The van der Waals surface area contributed by atoms with E-state index in [1.165, 1.54) is 5.57 Å². The SMILES string of the molecule is CC(C)(CC(=O)O)CC(=O)O[C@H]1CC[C@@]2(C)C(CC[C@]3(C)C2CC=C2C4CC(C)(C)CC[C@]4(C(=O)NCCCC(=O)NCC(=O)O)CC[C@]23C)C1(C)C. The summed E-state index contributed by atoms with van der Waals surface area (Å²) in [6.07, 6.45) is 12.5. The van der Waals surface area contributed by atoms with Gasteiger partial charge < -0.3 is 25.6 Å². The van der Waals surface area contributed by atoms with Gasteiger partial charge in [-0.2, -0.15) is 0 Å². The van der Waals surface area contributed by atoms with Crippen LogP contribution in [0.2, 0.25) is 0 Å². The quantitative estimate of drug-likeness (QED) is 0.0901. The molecule has 0 saturated heterocycles. The fourth-order valence-electron chi connectivity index (χ4n) is 12.8. The van der Waals surface area contributed by atoms with Crippen LogP contribution in [-0.4, -0.2) is 59.1 Å². The molecule has 0 spiro atoms. The average Bonchev–Trinajstić information content (AvgIpc) is 3.02. The van der Waals surface area contributed by atoms with Crippen molar-refractivity contribution in [3.8, 4) is 0 Å². The van der Waals surface area contributed by atoms with Crippen LogP contribution in [0.1, 0.15) is 152 Å². The third kappa shape index (κ3) is 7.55. The maximum Gasteiger partial charge on any atom is 0.322 e. The van der Waals surface area contributed by atoms with E-state index < -0.39 is 29.3 Å². The Bertz CT molecular complexity index is 1510. The molecule has 3 unspecified atom stereocenters. The minimum absolute atomic E-state index is 0.0445. The molecule has 8 atom stereocenters. The van der Waals surface area contributed by atoms with Crippen molar-refractivity contribution in [2.75, 3.05) is 13.1 Å². The molecule has 10 heteroatoms. The molecular formula is C43H68N2O8. The molecule has 0 heterocycles. The lowest BCUT2D eigenvalue weighted by molar-refractivity contribution is -0.213. The van der Waals surface area contributed by atoms with Gasteiger partial charge in [0.25, 0.3) is 0 Å². The number of amides is 2. The molecule has 4 saturated carbocycles. The molecule has 5 rings (SSSR count). The van der Waals surface area contributed by atoms with Crippen LogP contribution < -0.4 is 10.6 Å². The Balaban J connectivity index is 1.35. The largest absolute Gasteiger partial charge is 0.481 e. The molecule has 2 amide bonds. The van der Waals surface area contributed by atoms with Gasteiger partial charge in [0.2, 0.25) is 11.8 Å². The summed E-state index contributed by atoms with van der Waals surface area (Å²) in [4.78, 5) is 61.8. The van der Waals surface area contributed by atoms with E-state index in [9.17, 15) is 29.1 Å². The summed E-state index contributed by atoms with van der Waals surface area (Å²) in [5, 5.41) is 23.8. The predicted octanol–water partition coefficient (Wildman–Crippen LogP) is 7.69. The summed E-state index contributed by atoms with van der Waals surface area (Å²) in [7, 11) is 0. The lowest BCUT2D eigenvalue weighted by Gasteiger charge is -2.71. The first-order valence-corrected chi connectivity index (χ1v) is 20.3. The predicted molar refractivity (Wildman–Crippen MR) is 202 cm³/mol. The summed E-state index contributed by atoms with van der Waals surface area (Å²) >= 11 is 0. The smallest absolute Gasteiger partial charge is 0.322 e. The first kappa shape index (κ1) is 41.3.